The summed E-state index contributed by atoms with van der Waals surface area (Å²) in [7, 11) is 0. The molecular formula is C13H18F2N2O3. The molecular weight excluding hydrogens is 270 g/mol. The molecule has 7 heteroatoms. The third-order valence-corrected chi connectivity index (χ3v) is 2.63. The zero-order valence-electron chi connectivity index (χ0n) is 11.4. The van der Waals surface area contributed by atoms with Gasteiger partial charge in [0.1, 0.15) is 6.04 Å². The minimum absolute atomic E-state index is 0.0700. The summed E-state index contributed by atoms with van der Waals surface area (Å²) in [5, 5.41) is 2.43. The first-order valence-corrected chi connectivity index (χ1v) is 6.37. The van der Waals surface area contributed by atoms with Gasteiger partial charge in [0.15, 0.2) is 5.76 Å². The molecule has 0 aromatic carbocycles. The van der Waals surface area contributed by atoms with Crippen molar-refractivity contribution in [2.75, 3.05) is 13.1 Å². The molecule has 20 heavy (non-hydrogen) atoms. The van der Waals surface area contributed by atoms with Crippen LogP contribution in [-0.2, 0) is 4.79 Å². The molecule has 112 valence electrons. The third kappa shape index (κ3) is 4.64. The third-order valence-electron chi connectivity index (χ3n) is 2.63. The van der Waals surface area contributed by atoms with Crippen LogP contribution in [0.2, 0.25) is 0 Å². The summed E-state index contributed by atoms with van der Waals surface area (Å²) in [6.07, 6.45) is -0.697. The maximum absolute atomic E-state index is 12.4. The van der Waals surface area contributed by atoms with Crippen LogP contribution in [0.25, 0.3) is 0 Å². The SMILES string of the molecule is CCCN(CC(F)F)C(=O)C(C)NC(=O)c1ccco1. The molecule has 0 spiro atoms. The molecule has 0 aliphatic rings. The molecule has 0 fully saturated rings. The van der Waals surface area contributed by atoms with Crippen LogP contribution in [0.5, 0.6) is 0 Å². The minimum atomic E-state index is -2.60. The molecule has 5 nitrogen and oxygen atoms in total. The zero-order valence-corrected chi connectivity index (χ0v) is 11.4. The van der Waals surface area contributed by atoms with Crippen molar-refractivity contribution in [3.05, 3.63) is 24.2 Å². The van der Waals surface area contributed by atoms with E-state index in [-0.39, 0.29) is 12.3 Å². The van der Waals surface area contributed by atoms with Crippen LogP contribution in [0.4, 0.5) is 8.78 Å². The molecule has 0 aliphatic carbocycles. The number of nitrogens with zero attached hydrogens (tertiary/aromatic N) is 1. The van der Waals surface area contributed by atoms with Crippen LogP contribution in [0.3, 0.4) is 0 Å². The second-order valence-corrected chi connectivity index (χ2v) is 4.35. The zero-order chi connectivity index (χ0) is 15.1. The van der Waals surface area contributed by atoms with Gasteiger partial charge in [0.25, 0.3) is 12.3 Å². The van der Waals surface area contributed by atoms with E-state index in [4.69, 9.17) is 4.42 Å². The number of hydrogen-bond donors (Lipinski definition) is 1. The van der Waals surface area contributed by atoms with E-state index in [1.54, 1.807) is 13.0 Å². The average Bonchev–Trinajstić information content (AvgIpc) is 2.90. The van der Waals surface area contributed by atoms with Crippen LogP contribution in [0.15, 0.2) is 22.8 Å². The Balaban J connectivity index is 2.61. The van der Waals surface area contributed by atoms with E-state index in [1.807, 2.05) is 0 Å². The second-order valence-electron chi connectivity index (χ2n) is 4.35. The Bertz CT molecular complexity index is 435. The van der Waals surface area contributed by atoms with Gasteiger partial charge in [-0.25, -0.2) is 8.78 Å². The highest BCUT2D eigenvalue weighted by Crippen LogP contribution is 2.05. The lowest BCUT2D eigenvalue weighted by Crippen LogP contribution is -2.48. The smallest absolute Gasteiger partial charge is 0.287 e. The minimum Gasteiger partial charge on any atom is -0.459 e. The predicted octanol–water partition coefficient (Wildman–Crippen LogP) is 1.90. The van der Waals surface area contributed by atoms with Gasteiger partial charge >= 0.3 is 0 Å². The van der Waals surface area contributed by atoms with E-state index in [9.17, 15) is 18.4 Å². The largest absolute Gasteiger partial charge is 0.459 e. The van der Waals surface area contributed by atoms with Crippen molar-refractivity contribution < 1.29 is 22.8 Å². The van der Waals surface area contributed by atoms with Crippen LogP contribution >= 0.6 is 0 Å². The van der Waals surface area contributed by atoms with Gasteiger partial charge in [-0.05, 0) is 25.5 Å². The summed E-state index contributed by atoms with van der Waals surface area (Å²) in [5.74, 6) is -1.02. The highest BCUT2D eigenvalue weighted by molar-refractivity contribution is 5.95. The number of alkyl halides is 2. The molecule has 1 atom stereocenters. The van der Waals surface area contributed by atoms with Crippen molar-refractivity contribution in [2.24, 2.45) is 0 Å². The van der Waals surface area contributed by atoms with Crippen molar-refractivity contribution in [3.8, 4) is 0 Å². The van der Waals surface area contributed by atoms with E-state index in [0.717, 1.165) is 4.90 Å². The molecule has 1 rings (SSSR count). The second kappa shape index (κ2) is 7.62. The molecule has 1 heterocycles. The Morgan fingerprint density at radius 2 is 2.15 bits per heavy atom. The first-order chi connectivity index (χ1) is 9.45. The number of carbonyl (C=O) groups excluding carboxylic acids is 2. The van der Waals surface area contributed by atoms with Gasteiger partial charge in [0.2, 0.25) is 5.91 Å². The van der Waals surface area contributed by atoms with E-state index < -0.39 is 30.8 Å². The summed E-state index contributed by atoms with van der Waals surface area (Å²) in [4.78, 5) is 24.8. The van der Waals surface area contributed by atoms with Gasteiger partial charge in [0.05, 0.1) is 12.8 Å². The maximum Gasteiger partial charge on any atom is 0.287 e. The van der Waals surface area contributed by atoms with Gasteiger partial charge < -0.3 is 14.6 Å². The average molecular weight is 288 g/mol. The van der Waals surface area contributed by atoms with Gasteiger partial charge in [0, 0.05) is 6.54 Å². The van der Waals surface area contributed by atoms with Gasteiger partial charge in [-0.1, -0.05) is 6.92 Å². The normalized spacial score (nSPS) is 12.2. The number of amides is 2. The number of rotatable bonds is 7. The number of furan rings is 1. The van der Waals surface area contributed by atoms with Crippen molar-refractivity contribution >= 4 is 11.8 Å². The highest BCUT2D eigenvalue weighted by atomic mass is 19.3. The molecule has 1 aromatic heterocycles. The van der Waals surface area contributed by atoms with Crippen molar-refractivity contribution in [1.29, 1.82) is 0 Å². The predicted molar refractivity (Wildman–Crippen MR) is 68.5 cm³/mol. The van der Waals surface area contributed by atoms with Crippen molar-refractivity contribution in [1.82, 2.24) is 10.2 Å². The van der Waals surface area contributed by atoms with Crippen LogP contribution < -0.4 is 5.32 Å². The molecule has 0 saturated carbocycles. The van der Waals surface area contributed by atoms with Crippen LogP contribution in [0.1, 0.15) is 30.8 Å². The first-order valence-electron chi connectivity index (χ1n) is 6.37. The number of halogens is 2. The molecule has 0 bridgehead atoms. The Labute approximate surface area is 115 Å². The fourth-order valence-corrected chi connectivity index (χ4v) is 1.74. The summed E-state index contributed by atoms with van der Waals surface area (Å²) in [6, 6.07) is 2.11. The standard InChI is InChI=1S/C13H18F2N2O3/c1-3-6-17(8-11(14)15)13(19)9(2)16-12(18)10-5-4-7-20-10/h4-5,7,9,11H,3,6,8H2,1-2H3,(H,16,18). The highest BCUT2D eigenvalue weighted by Gasteiger charge is 2.24. The lowest BCUT2D eigenvalue weighted by Gasteiger charge is -2.25. The number of hydrogen-bond acceptors (Lipinski definition) is 3. The first kappa shape index (κ1) is 16.1. The van der Waals surface area contributed by atoms with Crippen LogP contribution in [-0.4, -0.2) is 42.3 Å². The maximum atomic E-state index is 12.4. The lowest BCUT2D eigenvalue weighted by atomic mass is 10.2. The molecule has 2 amide bonds. The van der Waals surface area contributed by atoms with Gasteiger partial charge in [-0.2, -0.15) is 0 Å². The Kier molecular flexibility index (Phi) is 6.14. The summed E-state index contributed by atoms with van der Waals surface area (Å²) < 4.78 is 29.7. The van der Waals surface area contributed by atoms with E-state index in [2.05, 4.69) is 5.32 Å². The lowest BCUT2D eigenvalue weighted by molar-refractivity contribution is -0.134. The fraction of sp³-hybridized carbons (Fsp3) is 0.538. The summed E-state index contributed by atoms with van der Waals surface area (Å²) in [6.45, 7) is 2.84. The Morgan fingerprint density at radius 1 is 1.45 bits per heavy atom. The van der Waals surface area contributed by atoms with E-state index in [1.165, 1.54) is 19.3 Å². The molecule has 1 unspecified atom stereocenters. The topological polar surface area (TPSA) is 62.6 Å². The summed E-state index contributed by atoms with van der Waals surface area (Å²) >= 11 is 0. The van der Waals surface area contributed by atoms with Crippen molar-refractivity contribution in [2.45, 2.75) is 32.7 Å². The van der Waals surface area contributed by atoms with Gasteiger partial charge in [-0.3, -0.25) is 9.59 Å². The molecule has 1 aromatic rings. The Hall–Kier alpha value is -1.92. The quantitative estimate of drug-likeness (QED) is 0.833. The van der Waals surface area contributed by atoms with E-state index >= 15 is 0 Å². The molecule has 1 N–H and O–H groups in total. The number of nitrogens with one attached hydrogen (secondary N) is 1. The molecule has 0 radical (unpaired) electrons. The van der Waals surface area contributed by atoms with E-state index in [0.29, 0.717) is 6.42 Å². The monoisotopic (exact) mass is 288 g/mol. The van der Waals surface area contributed by atoms with Crippen molar-refractivity contribution in [3.63, 3.8) is 0 Å². The van der Waals surface area contributed by atoms with Crippen LogP contribution in [0, 0.1) is 0 Å². The summed E-state index contributed by atoms with van der Waals surface area (Å²) in [5.41, 5.74) is 0. The molecule has 0 saturated heterocycles. The molecule has 0 aliphatic heterocycles. The number of carbonyl (C=O) groups is 2. The van der Waals surface area contributed by atoms with Gasteiger partial charge in [-0.15, -0.1) is 0 Å². The Morgan fingerprint density at radius 3 is 2.65 bits per heavy atom. The fourth-order valence-electron chi connectivity index (χ4n) is 1.74.